The second-order valence-electron chi connectivity index (χ2n) is 7.69. The van der Waals surface area contributed by atoms with E-state index in [2.05, 4.69) is 20.2 Å². The van der Waals surface area contributed by atoms with Gasteiger partial charge in [0.05, 0.1) is 0 Å². The van der Waals surface area contributed by atoms with Gasteiger partial charge in [0, 0.05) is 36.1 Å². The normalized spacial score (nSPS) is 10.9. The highest BCUT2D eigenvalue weighted by Crippen LogP contribution is 2.27. The van der Waals surface area contributed by atoms with E-state index >= 15 is 0 Å². The Labute approximate surface area is 195 Å². The van der Waals surface area contributed by atoms with Gasteiger partial charge in [-0.05, 0) is 0 Å². The van der Waals surface area contributed by atoms with E-state index in [4.69, 9.17) is 0 Å². The van der Waals surface area contributed by atoms with Crippen LogP contribution in [0.3, 0.4) is 0 Å². The lowest BCUT2D eigenvalue weighted by molar-refractivity contribution is 0.0914. The SMILES string of the molecule is CC(=O)n1nc(-c2ccccc2)nc1-c1ccc(-c2nc(-c3ccccc3)nn2C(C)=O)cc1. The summed E-state index contributed by atoms with van der Waals surface area (Å²) in [5.41, 5.74) is 3.07. The molecule has 8 nitrogen and oxygen atoms in total. The van der Waals surface area contributed by atoms with Gasteiger partial charge in [-0.2, -0.15) is 9.36 Å². The van der Waals surface area contributed by atoms with Crippen molar-refractivity contribution in [2.75, 3.05) is 0 Å². The molecule has 0 amide bonds. The van der Waals surface area contributed by atoms with E-state index in [-0.39, 0.29) is 11.8 Å². The van der Waals surface area contributed by atoms with E-state index in [1.54, 1.807) is 0 Å². The highest BCUT2D eigenvalue weighted by molar-refractivity contribution is 5.83. The molecule has 0 spiro atoms. The fourth-order valence-corrected chi connectivity index (χ4v) is 3.62. The van der Waals surface area contributed by atoms with Crippen LogP contribution in [0, 0.1) is 0 Å². The summed E-state index contributed by atoms with van der Waals surface area (Å²) >= 11 is 0. The summed E-state index contributed by atoms with van der Waals surface area (Å²) in [4.78, 5) is 33.7. The first-order valence-electron chi connectivity index (χ1n) is 10.7. The van der Waals surface area contributed by atoms with Crippen LogP contribution in [0.2, 0.25) is 0 Å². The first-order chi connectivity index (χ1) is 16.5. The monoisotopic (exact) mass is 448 g/mol. The Balaban J connectivity index is 1.54. The Morgan fingerprint density at radius 1 is 0.529 bits per heavy atom. The Morgan fingerprint density at radius 2 is 0.882 bits per heavy atom. The Bertz CT molecular complexity index is 1370. The maximum Gasteiger partial charge on any atom is 0.245 e. The van der Waals surface area contributed by atoms with Crippen molar-refractivity contribution < 1.29 is 9.59 Å². The molecule has 0 aliphatic rings. The lowest BCUT2D eigenvalue weighted by atomic mass is 10.1. The van der Waals surface area contributed by atoms with Crippen LogP contribution in [0.15, 0.2) is 84.9 Å². The standard InChI is InChI=1S/C26H20N6O2/c1-17(33)31-25(27-23(29-31)19-9-5-3-6-10-19)21-13-15-22(16-14-21)26-28-24(30-32(26)18(2)34)20-11-7-4-8-12-20/h3-16H,1-2H3. The van der Waals surface area contributed by atoms with Gasteiger partial charge in [0.25, 0.3) is 0 Å². The molecule has 0 saturated heterocycles. The van der Waals surface area contributed by atoms with Crippen LogP contribution in [0.5, 0.6) is 0 Å². The predicted molar refractivity (Wildman–Crippen MR) is 128 cm³/mol. The molecule has 0 aliphatic heterocycles. The van der Waals surface area contributed by atoms with Crippen molar-refractivity contribution in [2.24, 2.45) is 0 Å². The summed E-state index contributed by atoms with van der Waals surface area (Å²) < 4.78 is 2.59. The van der Waals surface area contributed by atoms with Crippen LogP contribution in [0.25, 0.3) is 45.6 Å². The highest BCUT2D eigenvalue weighted by atomic mass is 16.2. The number of hydrogen-bond donors (Lipinski definition) is 0. The first kappa shape index (κ1) is 21.1. The van der Waals surface area contributed by atoms with Crippen LogP contribution in [0.1, 0.15) is 23.4 Å². The largest absolute Gasteiger partial charge is 0.273 e. The van der Waals surface area contributed by atoms with Gasteiger partial charge in [-0.1, -0.05) is 84.9 Å². The fraction of sp³-hybridized carbons (Fsp3) is 0.0769. The summed E-state index contributed by atoms with van der Waals surface area (Å²) in [5, 5.41) is 8.79. The van der Waals surface area contributed by atoms with Crippen molar-refractivity contribution in [3.8, 4) is 45.6 Å². The van der Waals surface area contributed by atoms with Crippen LogP contribution in [0.4, 0.5) is 0 Å². The van der Waals surface area contributed by atoms with E-state index < -0.39 is 0 Å². The maximum absolute atomic E-state index is 12.2. The van der Waals surface area contributed by atoms with Gasteiger partial charge in [0.2, 0.25) is 11.8 Å². The number of rotatable bonds is 4. The molecule has 8 heteroatoms. The predicted octanol–water partition coefficient (Wildman–Crippen LogP) is 4.86. The zero-order valence-corrected chi connectivity index (χ0v) is 18.6. The molecular formula is C26H20N6O2. The third kappa shape index (κ3) is 3.93. The number of carbonyl (C=O) groups excluding carboxylic acids is 2. The second kappa shape index (κ2) is 8.67. The van der Waals surface area contributed by atoms with Gasteiger partial charge in [-0.25, -0.2) is 9.97 Å². The van der Waals surface area contributed by atoms with Gasteiger partial charge in [-0.3, -0.25) is 9.59 Å². The lowest BCUT2D eigenvalue weighted by Gasteiger charge is -2.04. The van der Waals surface area contributed by atoms with Crippen molar-refractivity contribution in [3.05, 3.63) is 84.9 Å². The lowest BCUT2D eigenvalue weighted by Crippen LogP contribution is -2.10. The first-order valence-corrected chi connectivity index (χ1v) is 10.7. The maximum atomic E-state index is 12.2. The zero-order chi connectivity index (χ0) is 23.7. The topological polar surface area (TPSA) is 95.6 Å². The molecule has 5 aromatic rings. The summed E-state index contributed by atoms with van der Waals surface area (Å²) in [7, 11) is 0. The molecule has 0 aliphatic carbocycles. The number of benzene rings is 3. The summed E-state index contributed by atoms with van der Waals surface area (Å²) in [5.74, 6) is 1.35. The summed E-state index contributed by atoms with van der Waals surface area (Å²) in [6.45, 7) is 2.89. The van der Waals surface area contributed by atoms with Crippen LogP contribution in [-0.4, -0.2) is 41.3 Å². The molecule has 0 N–H and O–H groups in total. The molecule has 3 aromatic carbocycles. The van der Waals surface area contributed by atoms with Crippen molar-refractivity contribution in [3.63, 3.8) is 0 Å². The summed E-state index contributed by atoms with van der Waals surface area (Å²) in [6, 6.07) is 26.3. The quantitative estimate of drug-likeness (QED) is 0.390. The molecule has 0 saturated carbocycles. The third-order valence-corrected chi connectivity index (χ3v) is 5.28. The van der Waals surface area contributed by atoms with Crippen molar-refractivity contribution in [1.29, 1.82) is 0 Å². The molecule has 2 heterocycles. The Kier molecular flexibility index (Phi) is 5.39. The molecule has 0 fully saturated rings. The molecule has 0 radical (unpaired) electrons. The second-order valence-corrected chi connectivity index (χ2v) is 7.69. The Hall–Kier alpha value is -4.72. The van der Waals surface area contributed by atoms with Crippen LogP contribution < -0.4 is 0 Å². The van der Waals surface area contributed by atoms with E-state index in [1.165, 1.54) is 23.2 Å². The van der Waals surface area contributed by atoms with E-state index in [9.17, 15) is 9.59 Å². The molecular weight excluding hydrogens is 428 g/mol. The number of nitrogens with zero attached hydrogens (tertiary/aromatic N) is 6. The number of hydrogen-bond acceptors (Lipinski definition) is 6. The van der Waals surface area contributed by atoms with Gasteiger partial charge >= 0.3 is 0 Å². The van der Waals surface area contributed by atoms with Crippen molar-refractivity contribution >= 4 is 11.8 Å². The van der Waals surface area contributed by atoms with Crippen molar-refractivity contribution in [1.82, 2.24) is 29.5 Å². The van der Waals surface area contributed by atoms with E-state index in [1.807, 2.05) is 84.9 Å². The molecule has 166 valence electrons. The van der Waals surface area contributed by atoms with Crippen LogP contribution in [-0.2, 0) is 0 Å². The van der Waals surface area contributed by atoms with E-state index in [0.717, 1.165) is 11.1 Å². The summed E-state index contributed by atoms with van der Waals surface area (Å²) in [6.07, 6.45) is 0. The molecule has 5 rings (SSSR count). The van der Waals surface area contributed by atoms with Crippen molar-refractivity contribution in [2.45, 2.75) is 13.8 Å². The molecule has 2 aromatic heterocycles. The Morgan fingerprint density at radius 3 is 1.21 bits per heavy atom. The van der Waals surface area contributed by atoms with Gasteiger partial charge < -0.3 is 0 Å². The zero-order valence-electron chi connectivity index (χ0n) is 18.6. The fourth-order valence-electron chi connectivity index (χ4n) is 3.62. The minimum absolute atomic E-state index is 0.238. The smallest absolute Gasteiger partial charge is 0.245 e. The molecule has 0 unspecified atom stereocenters. The van der Waals surface area contributed by atoms with Gasteiger partial charge in [-0.15, -0.1) is 10.2 Å². The van der Waals surface area contributed by atoms with Gasteiger partial charge in [0.1, 0.15) is 0 Å². The number of aromatic nitrogens is 6. The minimum Gasteiger partial charge on any atom is -0.273 e. The number of carbonyl (C=O) groups is 2. The average Bonchev–Trinajstić information content (AvgIpc) is 3.51. The molecule has 0 atom stereocenters. The van der Waals surface area contributed by atoms with Gasteiger partial charge in [0.15, 0.2) is 23.3 Å². The minimum atomic E-state index is -0.238. The third-order valence-electron chi connectivity index (χ3n) is 5.28. The average molecular weight is 448 g/mol. The molecule has 0 bridgehead atoms. The van der Waals surface area contributed by atoms with E-state index in [0.29, 0.717) is 34.4 Å². The highest BCUT2D eigenvalue weighted by Gasteiger charge is 2.19. The van der Waals surface area contributed by atoms with Crippen LogP contribution >= 0.6 is 0 Å². The molecule has 34 heavy (non-hydrogen) atoms.